The maximum Gasteiger partial charge on any atom is 0.316 e. The number of phenolic OH excluding ortho intramolecular Hbond substituents is 1. The number of carbonyl (C=O) groups is 1. The Hall–Kier alpha value is -1.99. The molecule has 2 unspecified atom stereocenters. The standard InChI is InChI=1S/C20H32O7/c1-8-20(6,7)19(22)27-15-11-16(21)18(26-14(5)24-10-3)17(12-15)25-13(4)23-9-2/h11-14,21H,8-10H2,1-7H3. The molecule has 1 aromatic carbocycles. The lowest BCUT2D eigenvalue weighted by Gasteiger charge is -2.23. The largest absolute Gasteiger partial charge is 0.504 e. The van der Waals surface area contributed by atoms with Crippen molar-refractivity contribution < 1.29 is 33.6 Å². The highest BCUT2D eigenvalue weighted by Gasteiger charge is 2.28. The van der Waals surface area contributed by atoms with Crippen LogP contribution in [0.5, 0.6) is 23.0 Å². The summed E-state index contributed by atoms with van der Waals surface area (Å²) in [7, 11) is 0. The van der Waals surface area contributed by atoms with E-state index < -0.39 is 24.0 Å². The average molecular weight is 384 g/mol. The van der Waals surface area contributed by atoms with Gasteiger partial charge < -0.3 is 28.8 Å². The van der Waals surface area contributed by atoms with Crippen LogP contribution in [0.3, 0.4) is 0 Å². The highest BCUT2D eigenvalue weighted by Crippen LogP contribution is 2.42. The molecule has 1 aromatic rings. The molecule has 0 aliphatic rings. The van der Waals surface area contributed by atoms with Crippen LogP contribution in [-0.2, 0) is 14.3 Å². The van der Waals surface area contributed by atoms with Gasteiger partial charge in [0, 0.05) is 25.3 Å². The normalized spacial score (nSPS) is 13.7. The number of carbonyl (C=O) groups excluding carboxylic acids is 1. The van der Waals surface area contributed by atoms with Crippen molar-refractivity contribution in [1.82, 2.24) is 0 Å². The van der Waals surface area contributed by atoms with Gasteiger partial charge in [0.1, 0.15) is 5.75 Å². The summed E-state index contributed by atoms with van der Waals surface area (Å²) < 4.78 is 27.6. The van der Waals surface area contributed by atoms with Crippen LogP contribution in [0.2, 0.25) is 0 Å². The van der Waals surface area contributed by atoms with Crippen LogP contribution in [-0.4, -0.2) is 36.9 Å². The third kappa shape index (κ3) is 6.92. The van der Waals surface area contributed by atoms with Gasteiger partial charge in [-0.3, -0.25) is 4.79 Å². The number of hydrogen-bond donors (Lipinski definition) is 1. The minimum absolute atomic E-state index is 0.0945. The number of aromatic hydroxyl groups is 1. The van der Waals surface area contributed by atoms with Crippen molar-refractivity contribution >= 4 is 5.97 Å². The second-order valence-electron chi connectivity index (χ2n) is 6.68. The predicted molar refractivity (Wildman–Crippen MR) is 101 cm³/mol. The molecule has 1 rings (SSSR count). The molecule has 0 saturated carbocycles. The van der Waals surface area contributed by atoms with Gasteiger partial charge in [-0.15, -0.1) is 0 Å². The molecule has 0 saturated heterocycles. The first-order chi connectivity index (χ1) is 12.6. The first-order valence-electron chi connectivity index (χ1n) is 9.30. The van der Waals surface area contributed by atoms with Crippen LogP contribution < -0.4 is 14.2 Å². The predicted octanol–water partition coefficient (Wildman–Crippen LogP) is 4.26. The van der Waals surface area contributed by atoms with E-state index in [9.17, 15) is 9.90 Å². The maximum atomic E-state index is 12.3. The summed E-state index contributed by atoms with van der Waals surface area (Å²) in [5.41, 5.74) is -0.645. The van der Waals surface area contributed by atoms with Crippen molar-refractivity contribution in [3.8, 4) is 23.0 Å². The summed E-state index contributed by atoms with van der Waals surface area (Å²) in [6, 6.07) is 2.81. The van der Waals surface area contributed by atoms with Crippen molar-refractivity contribution in [2.24, 2.45) is 5.41 Å². The average Bonchev–Trinajstić information content (AvgIpc) is 2.58. The molecule has 0 bridgehead atoms. The SMILES string of the molecule is CCOC(C)Oc1cc(OC(=O)C(C)(C)CC)cc(O)c1OC(C)OCC. The zero-order valence-corrected chi connectivity index (χ0v) is 17.3. The fourth-order valence-electron chi connectivity index (χ4n) is 2.10. The van der Waals surface area contributed by atoms with E-state index in [1.807, 2.05) is 20.8 Å². The highest BCUT2D eigenvalue weighted by molar-refractivity contribution is 5.78. The molecule has 0 heterocycles. The molecule has 7 nitrogen and oxygen atoms in total. The molecule has 154 valence electrons. The molecular formula is C20H32O7. The van der Waals surface area contributed by atoms with Crippen molar-refractivity contribution in [2.45, 2.75) is 67.5 Å². The van der Waals surface area contributed by atoms with Crippen molar-refractivity contribution in [1.29, 1.82) is 0 Å². The van der Waals surface area contributed by atoms with Gasteiger partial charge in [-0.2, -0.15) is 0 Å². The second kappa shape index (κ2) is 10.4. The molecule has 2 atom stereocenters. The molecule has 0 radical (unpaired) electrons. The molecule has 27 heavy (non-hydrogen) atoms. The molecule has 7 heteroatoms. The first-order valence-corrected chi connectivity index (χ1v) is 9.30. The minimum atomic E-state index is -0.645. The Morgan fingerprint density at radius 3 is 2.11 bits per heavy atom. The van der Waals surface area contributed by atoms with Gasteiger partial charge in [0.25, 0.3) is 0 Å². The number of rotatable bonds is 11. The summed E-state index contributed by atoms with van der Waals surface area (Å²) in [6.07, 6.45) is -0.564. The highest BCUT2D eigenvalue weighted by atomic mass is 16.7. The number of benzene rings is 1. The van der Waals surface area contributed by atoms with E-state index >= 15 is 0 Å². The molecule has 0 fully saturated rings. The van der Waals surface area contributed by atoms with E-state index in [2.05, 4.69) is 0 Å². The third-order valence-electron chi connectivity index (χ3n) is 4.04. The quantitative estimate of drug-likeness (QED) is 0.347. The molecule has 0 amide bonds. The van der Waals surface area contributed by atoms with Gasteiger partial charge in [0.15, 0.2) is 24.1 Å². The molecule has 0 spiro atoms. The van der Waals surface area contributed by atoms with Crippen molar-refractivity contribution in [2.75, 3.05) is 13.2 Å². The summed E-state index contributed by atoms with van der Waals surface area (Å²) in [6.45, 7) is 13.5. The van der Waals surface area contributed by atoms with Crippen molar-refractivity contribution in [3.05, 3.63) is 12.1 Å². The molecule has 0 aliphatic heterocycles. The Balaban J connectivity index is 3.18. The Bertz CT molecular complexity index is 613. The molecule has 0 aliphatic carbocycles. The van der Waals surface area contributed by atoms with E-state index in [1.54, 1.807) is 27.7 Å². The number of hydrogen-bond acceptors (Lipinski definition) is 7. The lowest BCUT2D eigenvalue weighted by Crippen LogP contribution is -2.28. The Kier molecular flexibility index (Phi) is 8.85. The Morgan fingerprint density at radius 1 is 1.04 bits per heavy atom. The summed E-state index contributed by atoms with van der Waals surface area (Å²) in [5.74, 6) is -0.171. The van der Waals surface area contributed by atoms with Gasteiger partial charge in [-0.25, -0.2) is 0 Å². The summed E-state index contributed by atoms with van der Waals surface area (Å²) in [5, 5.41) is 10.4. The Morgan fingerprint density at radius 2 is 1.59 bits per heavy atom. The smallest absolute Gasteiger partial charge is 0.316 e. The summed E-state index contributed by atoms with van der Waals surface area (Å²) in [4.78, 5) is 12.3. The Labute approximate surface area is 161 Å². The number of ether oxygens (including phenoxy) is 5. The van der Waals surface area contributed by atoms with E-state index in [0.717, 1.165) is 0 Å². The zero-order chi connectivity index (χ0) is 20.6. The van der Waals surface area contributed by atoms with Gasteiger partial charge >= 0.3 is 5.97 Å². The van der Waals surface area contributed by atoms with Gasteiger partial charge in [-0.1, -0.05) is 6.92 Å². The lowest BCUT2D eigenvalue weighted by molar-refractivity contribution is -0.144. The lowest BCUT2D eigenvalue weighted by atomic mass is 9.91. The molecule has 1 N–H and O–H groups in total. The fraction of sp³-hybridized carbons (Fsp3) is 0.650. The third-order valence-corrected chi connectivity index (χ3v) is 4.04. The monoisotopic (exact) mass is 384 g/mol. The minimum Gasteiger partial charge on any atom is -0.504 e. The van der Waals surface area contributed by atoms with E-state index in [-0.39, 0.29) is 23.0 Å². The topological polar surface area (TPSA) is 83.5 Å². The van der Waals surface area contributed by atoms with E-state index in [4.69, 9.17) is 23.7 Å². The maximum absolute atomic E-state index is 12.3. The zero-order valence-electron chi connectivity index (χ0n) is 17.3. The van der Waals surface area contributed by atoms with E-state index in [1.165, 1.54) is 12.1 Å². The van der Waals surface area contributed by atoms with Crippen LogP contribution in [0, 0.1) is 5.41 Å². The van der Waals surface area contributed by atoms with E-state index in [0.29, 0.717) is 19.6 Å². The van der Waals surface area contributed by atoms with Crippen LogP contribution in [0.25, 0.3) is 0 Å². The van der Waals surface area contributed by atoms with Crippen LogP contribution >= 0.6 is 0 Å². The van der Waals surface area contributed by atoms with Gasteiger partial charge in [0.05, 0.1) is 5.41 Å². The molecular weight excluding hydrogens is 352 g/mol. The summed E-state index contributed by atoms with van der Waals surface area (Å²) >= 11 is 0. The van der Waals surface area contributed by atoms with Crippen molar-refractivity contribution in [3.63, 3.8) is 0 Å². The van der Waals surface area contributed by atoms with Gasteiger partial charge in [0.2, 0.25) is 5.75 Å². The number of esters is 1. The number of phenols is 1. The van der Waals surface area contributed by atoms with Crippen LogP contribution in [0.4, 0.5) is 0 Å². The second-order valence-corrected chi connectivity index (χ2v) is 6.68. The van der Waals surface area contributed by atoms with Crippen LogP contribution in [0.15, 0.2) is 12.1 Å². The first kappa shape index (κ1) is 23.0. The fourth-order valence-corrected chi connectivity index (χ4v) is 2.10. The van der Waals surface area contributed by atoms with Crippen LogP contribution in [0.1, 0.15) is 54.9 Å². The van der Waals surface area contributed by atoms with Gasteiger partial charge in [-0.05, 0) is 48.0 Å². The molecule has 0 aromatic heterocycles.